The third-order valence-corrected chi connectivity index (χ3v) is 2.81. The van der Waals surface area contributed by atoms with Gasteiger partial charge in [-0.05, 0) is 18.3 Å². The largest absolute Gasteiger partial charge is 0.401 e. The lowest BCUT2D eigenvalue weighted by atomic mass is 9.87. The molecule has 0 spiro atoms. The Morgan fingerprint density at radius 2 is 2.00 bits per heavy atom. The molecule has 1 unspecified atom stereocenters. The van der Waals surface area contributed by atoms with E-state index in [9.17, 15) is 13.2 Å². The molecule has 0 aromatic carbocycles. The van der Waals surface area contributed by atoms with Crippen LogP contribution in [0, 0.1) is 5.41 Å². The van der Waals surface area contributed by atoms with Crippen molar-refractivity contribution in [1.82, 2.24) is 5.32 Å². The number of alkyl halides is 3. The van der Waals surface area contributed by atoms with Gasteiger partial charge in [0.15, 0.2) is 0 Å². The van der Waals surface area contributed by atoms with E-state index in [1.165, 1.54) is 0 Å². The van der Waals surface area contributed by atoms with E-state index in [0.717, 1.165) is 19.3 Å². The Labute approximate surface area is 76.7 Å². The number of nitrogens with one attached hydrogen (secondary N) is 1. The average Bonchev–Trinajstić information content (AvgIpc) is 2.23. The summed E-state index contributed by atoms with van der Waals surface area (Å²) in [6.45, 7) is 3.18. The standard InChI is InChI=1S/C9H16F3N/c1-8(2)5-3-4-7(8)13-6-9(10,11)12/h7,13H,3-6H2,1-2H3. The van der Waals surface area contributed by atoms with Gasteiger partial charge in [0.1, 0.15) is 0 Å². The van der Waals surface area contributed by atoms with Crippen LogP contribution in [0.15, 0.2) is 0 Å². The summed E-state index contributed by atoms with van der Waals surface area (Å²) < 4.78 is 35.7. The molecule has 1 atom stereocenters. The molecule has 0 aliphatic heterocycles. The maximum Gasteiger partial charge on any atom is 0.401 e. The van der Waals surface area contributed by atoms with Crippen molar-refractivity contribution in [3.8, 4) is 0 Å². The van der Waals surface area contributed by atoms with Crippen LogP contribution in [0.25, 0.3) is 0 Å². The van der Waals surface area contributed by atoms with Gasteiger partial charge in [-0.3, -0.25) is 0 Å². The lowest BCUT2D eigenvalue weighted by Crippen LogP contribution is -2.42. The zero-order valence-corrected chi connectivity index (χ0v) is 8.04. The van der Waals surface area contributed by atoms with Crippen molar-refractivity contribution >= 4 is 0 Å². The second-order valence-electron chi connectivity index (χ2n) is 4.43. The quantitative estimate of drug-likeness (QED) is 0.714. The molecule has 1 N–H and O–H groups in total. The minimum absolute atomic E-state index is 0.0191. The van der Waals surface area contributed by atoms with Gasteiger partial charge in [0, 0.05) is 6.04 Å². The van der Waals surface area contributed by atoms with Gasteiger partial charge in [-0.2, -0.15) is 13.2 Å². The second-order valence-corrected chi connectivity index (χ2v) is 4.43. The monoisotopic (exact) mass is 195 g/mol. The smallest absolute Gasteiger partial charge is 0.305 e. The van der Waals surface area contributed by atoms with Crippen molar-refractivity contribution in [2.75, 3.05) is 6.54 Å². The molecule has 78 valence electrons. The van der Waals surface area contributed by atoms with E-state index in [2.05, 4.69) is 5.32 Å². The van der Waals surface area contributed by atoms with E-state index in [0.29, 0.717) is 0 Å². The molecular formula is C9H16F3N. The lowest BCUT2D eigenvalue weighted by Gasteiger charge is -2.28. The van der Waals surface area contributed by atoms with Gasteiger partial charge in [-0.25, -0.2) is 0 Å². The Kier molecular flexibility index (Phi) is 2.90. The number of halogens is 3. The minimum atomic E-state index is -4.08. The van der Waals surface area contributed by atoms with Crippen LogP contribution in [0.2, 0.25) is 0 Å². The molecule has 1 aliphatic carbocycles. The summed E-state index contributed by atoms with van der Waals surface area (Å²) >= 11 is 0. The van der Waals surface area contributed by atoms with Crippen molar-refractivity contribution < 1.29 is 13.2 Å². The van der Waals surface area contributed by atoms with Crippen LogP contribution in [0.4, 0.5) is 13.2 Å². The fraction of sp³-hybridized carbons (Fsp3) is 1.00. The minimum Gasteiger partial charge on any atom is -0.305 e. The second kappa shape index (κ2) is 3.48. The fourth-order valence-corrected chi connectivity index (χ4v) is 1.94. The summed E-state index contributed by atoms with van der Waals surface area (Å²) in [5, 5.41) is 2.59. The van der Waals surface area contributed by atoms with Gasteiger partial charge in [0.25, 0.3) is 0 Å². The Morgan fingerprint density at radius 1 is 1.38 bits per heavy atom. The first-order chi connectivity index (χ1) is 5.81. The molecule has 0 saturated heterocycles. The summed E-state index contributed by atoms with van der Waals surface area (Å²) in [7, 11) is 0. The first-order valence-electron chi connectivity index (χ1n) is 4.61. The summed E-state index contributed by atoms with van der Waals surface area (Å²) in [6.07, 6.45) is -1.17. The van der Waals surface area contributed by atoms with Crippen molar-refractivity contribution in [2.24, 2.45) is 5.41 Å². The molecule has 0 bridgehead atoms. The van der Waals surface area contributed by atoms with Crippen LogP contribution in [-0.2, 0) is 0 Å². The van der Waals surface area contributed by atoms with Crippen molar-refractivity contribution in [1.29, 1.82) is 0 Å². The van der Waals surface area contributed by atoms with E-state index in [-0.39, 0.29) is 11.5 Å². The normalized spacial score (nSPS) is 27.9. The van der Waals surface area contributed by atoms with Crippen LogP contribution < -0.4 is 5.32 Å². The molecule has 1 nitrogen and oxygen atoms in total. The first kappa shape index (κ1) is 10.8. The third-order valence-electron chi connectivity index (χ3n) is 2.81. The summed E-state index contributed by atoms with van der Waals surface area (Å²) in [4.78, 5) is 0. The summed E-state index contributed by atoms with van der Waals surface area (Å²) in [5.41, 5.74) is 0.0191. The van der Waals surface area contributed by atoms with Gasteiger partial charge in [-0.15, -0.1) is 0 Å². The van der Waals surface area contributed by atoms with Crippen molar-refractivity contribution in [3.05, 3.63) is 0 Å². The highest BCUT2D eigenvalue weighted by atomic mass is 19.4. The molecule has 0 amide bonds. The van der Waals surface area contributed by atoms with E-state index in [4.69, 9.17) is 0 Å². The zero-order chi connectivity index (χ0) is 10.1. The Hall–Kier alpha value is -0.250. The maximum absolute atomic E-state index is 11.9. The molecule has 1 fully saturated rings. The first-order valence-corrected chi connectivity index (χ1v) is 4.61. The Balaban J connectivity index is 2.37. The van der Waals surface area contributed by atoms with E-state index >= 15 is 0 Å². The fourth-order valence-electron chi connectivity index (χ4n) is 1.94. The van der Waals surface area contributed by atoms with Crippen LogP contribution in [-0.4, -0.2) is 18.8 Å². The van der Waals surface area contributed by atoms with Crippen molar-refractivity contribution in [2.45, 2.75) is 45.3 Å². The molecule has 4 heteroatoms. The Morgan fingerprint density at radius 3 is 2.38 bits per heavy atom. The Bertz CT molecular complexity index is 174. The van der Waals surface area contributed by atoms with Crippen LogP contribution in [0.1, 0.15) is 33.1 Å². The van der Waals surface area contributed by atoms with Crippen molar-refractivity contribution in [3.63, 3.8) is 0 Å². The molecule has 0 radical (unpaired) electrons. The van der Waals surface area contributed by atoms with E-state index in [1.54, 1.807) is 0 Å². The van der Waals surface area contributed by atoms with E-state index in [1.807, 2.05) is 13.8 Å². The van der Waals surface area contributed by atoms with Gasteiger partial charge in [0.05, 0.1) is 6.54 Å². The molecule has 1 rings (SSSR count). The van der Waals surface area contributed by atoms with Gasteiger partial charge >= 0.3 is 6.18 Å². The molecule has 0 aromatic heterocycles. The molecule has 13 heavy (non-hydrogen) atoms. The van der Waals surface area contributed by atoms with Gasteiger partial charge < -0.3 is 5.32 Å². The van der Waals surface area contributed by atoms with Crippen LogP contribution >= 0.6 is 0 Å². The lowest BCUT2D eigenvalue weighted by molar-refractivity contribution is -0.127. The SMILES string of the molecule is CC1(C)CCCC1NCC(F)(F)F. The molecule has 1 saturated carbocycles. The predicted octanol–water partition coefficient (Wildman–Crippen LogP) is 2.72. The maximum atomic E-state index is 11.9. The number of rotatable bonds is 2. The zero-order valence-electron chi connectivity index (χ0n) is 8.04. The average molecular weight is 195 g/mol. The predicted molar refractivity (Wildman–Crippen MR) is 45.5 cm³/mol. The third kappa shape index (κ3) is 3.18. The number of hydrogen-bond donors (Lipinski definition) is 1. The molecule has 0 aromatic rings. The summed E-state index contributed by atoms with van der Waals surface area (Å²) in [6, 6.07) is 0.0223. The highest BCUT2D eigenvalue weighted by Gasteiger charge is 2.37. The topological polar surface area (TPSA) is 12.0 Å². The molecule has 1 aliphatic rings. The van der Waals surface area contributed by atoms with Gasteiger partial charge in [0.2, 0.25) is 0 Å². The molecule has 0 heterocycles. The van der Waals surface area contributed by atoms with Gasteiger partial charge in [-0.1, -0.05) is 20.3 Å². The van der Waals surface area contributed by atoms with E-state index < -0.39 is 12.7 Å². The molecular weight excluding hydrogens is 179 g/mol. The van der Waals surface area contributed by atoms with Crippen LogP contribution in [0.5, 0.6) is 0 Å². The highest BCUT2D eigenvalue weighted by Crippen LogP contribution is 2.37. The number of hydrogen-bond acceptors (Lipinski definition) is 1. The van der Waals surface area contributed by atoms with Crippen LogP contribution in [0.3, 0.4) is 0 Å². The summed E-state index contributed by atoms with van der Waals surface area (Å²) in [5.74, 6) is 0. The highest BCUT2D eigenvalue weighted by molar-refractivity contribution is 4.90.